The third kappa shape index (κ3) is 4.91. The van der Waals surface area contributed by atoms with Gasteiger partial charge in [-0.25, -0.2) is 13.8 Å². The summed E-state index contributed by atoms with van der Waals surface area (Å²) in [6, 6.07) is 3.49. The number of carbonyl (C=O) groups excluding carboxylic acids is 1. The second kappa shape index (κ2) is 9.08. The van der Waals surface area contributed by atoms with Gasteiger partial charge in [-0.15, -0.1) is 0 Å². The number of piperidine rings is 1. The van der Waals surface area contributed by atoms with Crippen molar-refractivity contribution in [2.75, 3.05) is 26.8 Å². The summed E-state index contributed by atoms with van der Waals surface area (Å²) in [5.74, 6) is -0.0328. The van der Waals surface area contributed by atoms with Gasteiger partial charge in [-0.3, -0.25) is 4.79 Å². The number of rotatable bonds is 7. The first kappa shape index (κ1) is 19.5. The summed E-state index contributed by atoms with van der Waals surface area (Å²) in [5, 5.41) is 0. The van der Waals surface area contributed by atoms with Crippen LogP contribution in [-0.2, 0) is 22.5 Å². The van der Waals surface area contributed by atoms with Crippen LogP contribution in [0.1, 0.15) is 36.6 Å². The fourth-order valence-corrected chi connectivity index (χ4v) is 3.60. The maximum absolute atomic E-state index is 13.8. The van der Waals surface area contributed by atoms with Gasteiger partial charge in [0.1, 0.15) is 17.5 Å². The number of hydrogen-bond donors (Lipinski definition) is 0. The van der Waals surface area contributed by atoms with Gasteiger partial charge in [-0.1, -0.05) is 6.07 Å². The van der Waals surface area contributed by atoms with Crippen LogP contribution in [0.3, 0.4) is 0 Å². The van der Waals surface area contributed by atoms with E-state index in [9.17, 15) is 13.6 Å². The second-order valence-electron chi connectivity index (χ2n) is 6.89. The van der Waals surface area contributed by atoms with Gasteiger partial charge in [0.2, 0.25) is 5.91 Å². The standard InChI is InChI=1S/C20H25F2N3O2/c1-27-12-11-24-10-8-23-20(24)16-3-2-9-25(14-16)19(26)7-5-15-4-6-17(21)13-18(15)22/h4,6,8,10,13,16H,2-3,5,7,9,11-12,14H2,1H3/t16-/m0/s1. The molecule has 3 rings (SSSR count). The third-order valence-electron chi connectivity index (χ3n) is 5.05. The normalized spacial score (nSPS) is 17.3. The molecular weight excluding hydrogens is 352 g/mol. The van der Waals surface area contributed by atoms with E-state index in [-0.39, 0.29) is 24.7 Å². The predicted molar refractivity (Wildman–Crippen MR) is 97.3 cm³/mol. The van der Waals surface area contributed by atoms with Gasteiger partial charge in [-0.2, -0.15) is 0 Å². The lowest BCUT2D eigenvalue weighted by atomic mass is 9.96. The number of aromatic nitrogens is 2. The Morgan fingerprint density at radius 2 is 2.22 bits per heavy atom. The molecule has 146 valence electrons. The summed E-state index contributed by atoms with van der Waals surface area (Å²) in [6.45, 7) is 2.68. The SMILES string of the molecule is COCCn1ccnc1[C@H]1CCCN(C(=O)CCc2ccc(F)cc2F)C1. The Bertz CT molecular complexity index is 778. The van der Waals surface area contributed by atoms with Crippen LogP contribution in [0, 0.1) is 11.6 Å². The zero-order valence-corrected chi connectivity index (χ0v) is 15.5. The molecule has 0 aliphatic carbocycles. The molecule has 1 aliphatic rings. The number of amides is 1. The van der Waals surface area contributed by atoms with E-state index in [1.807, 2.05) is 11.1 Å². The minimum Gasteiger partial charge on any atom is -0.383 e. The summed E-state index contributed by atoms with van der Waals surface area (Å²) in [7, 11) is 1.67. The number of halogens is 2. The van der Waals surface area contributed by atoms with Gasteiger partial charge in [0, 0.05) is 57.5 Å². The number of aryl methyl sites for hydroxylation is 1. The molecule has 27 heavy (non-hydrogen) atoms. The maximum atomic E-state index is 13.8. The van der Waals surface area contributed by atoms with Crippen LogP contribution in [0.25, 0.3) is 0 Å². The molecule has 0 N–H and O–H groups in total. The van der Waals surface area contributed by atoms with Crippen LogP contribution >= 0.6 is 0 Å². The highest BCUT2D eigenvalue weighted by atomic mass is 19.1. The quantitative estimate of drug-likeness (QED) is 0.745. The highest BCUT2D eigenvalue weighted by Crippen LogP contribution is 2.26. The Hall–Kier alpha value is -2.28. The Kier molecular flexibility index (Phi) is 6.55. The molecule has 0 spiro atoms. The zero-order chi connectivity index (χ0) is 19.2. The average molecular weight is 377 g/mol. The van der Waals surface area contributed by atoms with Crippen molar-refractivity contribution in [2.45, 2.75) is 38.1 Å². The number of carbonyl (C=O) groups is 1. The Morgan fingerprint density at radius 1 is 1.37 bits per heavy atom. The van der Waals surface area contributed by atoms with Gasteiger partial charge in [0.25, 0.3) is 0 Å². The molecule has 2 heterocycles. The van der Waals surface area contributed by atoms with E-state index in [1.54, 1.807) is 13.3 Å². The molecule has 1 aromatic heterocycles. The molecule has 1 amide bonds. The molecule has 1 aliphatic heterocycles. The van der Waals surface area contributed by atoms with Crippen molar-refractivity contribution in [1.82, 2.24) is 14.5 Å². The number of nitrogens with zero attached hydrogens (tertiary/aromatic N) is 3. The molecular formula is C20H25F2N3O2. The summed E-state index contributed by atoms with van der Waals surface area (Å²) in [4.78, 5) is 18.9. The van der Waals surface area contributed by atoms with Crippen molar-refractivity contribution >= 4 is 5.91 Å². The average Bonchev–Trinajstić information content (AvgIpc) is 3.14. The van der Waals surface area contributed by atoms with E-state index >= 15 is 0 Å². The largest absolute Gasteiger partial charge is 0.383 e. The Labute approximate surface area is 158 Å². The Balaban J connectivity index is 1.59. The van der Waals surface area contributed by atoms with E-state index in [0.29, 0.717) is 25.3 Å². The number of imidazole rings is 1. The van der Waals surface area contributed by atoms with Gasteiger partial charge >= 0.3 is 0 Å². The van der Waals surface area contributed by atoms with E-state index in [4.69, 9.17) is 4.74 Å². The fourth-order valence-electron chi connectivity index (χ4n) is 3.60. The third-order valence-corrected chi connectivity index (χ3v) is 5.05. The van der Waals surface area contributed by atoms with Crippen molar-refractivity contribution in [2.24, 2.45) is 0 Å². The van der Waals surface area contributed by atoms with Gasteiger partial charge in [-0.05, 0) is 30.9 Å². The molecule has 2 aromatic rings. The van der Waals surface area contributed by atoms with Crippen molar-refractivity contribution in [1.29, 1.82) is 0 Å². The number of benzene rings is 1. The van der Waals surface area contributed by atoms with Crippen molar-refractivity contribution in [3.05, 3.63) is 53.6 Å². The lowest BCUT2D eigenvalue weighted by molar-refractivity contribution is -0.132. The topological polar surface area (TPSA) is 47.4 Å². The maximum Gasteiger partial charge on any atom is 0.222 e. The van der Waals surface area contributed by atoms with E-state index in [0.717, 1.165) is 31.3 Å². The molecule has 1 atom stereocenters. The number of ether oxygens (including phenoxy) is 1. The summed E-state index contributed by atoms with van der Waals surface area (Å²) >= 11 is 0. The minimum absolute atomic E-state index is 0.00146. The lowest BCUT2D eigenvalue weighted by Gasteiger charge is -2.33. The molecule has 1 fully saturated rings. The lowest BCUT2D eigenvalue weighted by Crippen LogP contribution is -2.40. The molecule has 1 saturated heterocycles. The predicted octanol–water partition coefficient (Wildman–Crippen LogP) is 3.15. The first-order valence-corrected chi connectivity index (χ1v) is 9.30. The summed E-state index contributed by atoms with van der Waals surface area (Å²) in [6.07, 6.45) is 6.11. The minimum atomic E-state index is -0.606. The number of likely N-dealkylation sites (tertiary alicyclic amines) is 1. The van der Waals surface area contributed by atoms with Crippen LogP contribution in [0.4, 0.5) is 8.78 Å². The van der Waals surface area contributed by atoms with Crippen LogP contribution in [0.2, 0.25) is 0 Å². The van der Waals surface area contributed by atoms with Crippen LogP contribution < -0.4 is 0 Å². The molecule has 0 unspecified atom stereocenters. The number of methoxy groups -OCH3 is 1. The smallest absolute Gasteiger partial charge is 0.222 e. The number of hydrogen-bond acceptors (Lipinski definition) is 3. The first-order chi connectivity index (χ1) is 13.1. The first-order valence-electron chi connectivity index (χ1n) is 9.30. The molecule has 0 saturated carbocycles. The Morgan fingerprint density at radius 3 is 3.00 bits per heavy atom. The van der Waals surface area contributed by atoms with Gasteiger partial charge < -0.3 is 14.2 Å². The summed E-state index contributed by atoms with van der Waals surface area (Å²) in [5.41, 5.74) is 0.369. The van der Waals surface area contributed by atoms with E-state index in [2.05, 4.69) is 9.55 Å². The van der Waals surface area contributed by atoms with Crippen molar-refractivity contribution < 1.29 is 18.3 Å². The van der Waals surface area contributed by atoms with Gasteiger partial charge in [0.05, 0.1) is 6.61 Å². The van der Waals surface area contributed by atoms with Crippen molar-refractivity contribution in [3.63, 3.8) is 0 Å². The second-order valence-corrected chi connectivity index (χ2v) is 6.89. The fraction of sp³-hybridized carbons (Fsp3) is 0.500. The monoisotopic (exact) mass is 377 g/mol. The molecule has 0 bridgehead atoms. The zero-order valence-electron chi connectivity index (χ0n) is 15.5. The molecule has 5 nitrogen and oxygen atoms in total. The van der Waals surface area contributed by atoms with Crippen LogP contribution in [0.15, 0.2) is 30.6 Å². The molecule has 0 radical (unpaired) electrons. The molecule has 1 aromatic carbocycles. The van der Waals surface area contributed by atoms with E-state index < -0.39 is 11.6 Å². The van der Waals surface area contributed by atoms with Crippen LogP contribution in [0.5, 0.6) is 0 Å². The van der Waals surface area contributed by atoms with Crippen LogP contribution in [-0.4, -0.2) is 47.2 Å². The summed E-state index contributed by atoms with van der Waals surface area (Å²) < 4.78 is 34.0. The highest BCUT2D eigenvalue weighted by molar-refractivity contribution is 5.76. The van der Waals surface area contributed by atoms with Gasteiger partial charge in [0.15, 0.2) is 0 Å². The van der Waals surface area contributed by atoms with Crippen molar-refractivity contribution in [3.8, 4) is 0 Å². The van der Waals surface area contributed by atoms with E-state index in [1.165, 1.54) is 12.1 Å². The highest BCUT2D eigenvalue weighted by Gasteiger charge is 2.27. The molecule has 7 heteroatoms.